The second kappa shape index (κ2) is 8.06. The maximum atomic E-state index is 3.64. The molecule has 3 heteroatoms. The number of thioether (sulfide) groups is 1. The molecule has 0 bridgehead atoms. The van der Waals surface area contributed by atoms with E-state index in [1.807, 2.05) is 0 Å². The molecule has 2 nitrogen and oxygen atoms in total. The number of benzene rings is 1. The lowest BCUT2D eigenvalue weighted by atomic mass is 10.1. The Kier molecular flexibility index (Phi) is 6.40. The molecule has 0 aliphatic heterocycles. The molecule has 0 spiro atoms. The van der Waals surface area contributed by atoms with Gasteiger partial charge in [0.25, 0.3) is 0 Å². The van der Waals surface area contributed by atoms with Gasteiger partial charge >= 0.3 is 0 Å². The van der Waals surface area contributed by atoms with Crippen LogP contribution in [0.1, 0.15) is 44.2 Å². The van der Waals surface area contributed by atoms with Gasteiger partial charge in [-0.2, -0.15) is 0 Å². The van der Waals surface area contributed by atoms with Gasteiger partial charge < -0.3 is 10.2 Å². The Hall–Kier alpha value is -0.510. The van der Waals surface area contributed by atoms with E-state index in [-0.39, 0.29) is 0 Å². The second-order valence-electron chi connectivity index (χ2n) is 5.87. The zero-order chi connectivity index (χ0) is 14.4. The summed E-state index contributed by atoms with van der Waals surface area (Å²) in [5, 5.41) is 3.64. The summed E-state index contributed by atoms with van der Waals surface area (Å²) in [5.41, 5.74) is 1.38. The van der Waals surface area contributed by atoms with Crippen LogP contribution in [0.2, 0.25) is 0 Å². The van der Waals surface area contributed by atoms with Gasteiger partial charge in [-0.25, -0.2) is 0 Å². The maximum Gasteiger partial charge on any atom is 0.0292 e. The van der Waals surface area contributed by atoms with E-state index < -0.39 is 0 Å². The molecule has 2 rings (SSSR count). The fourth-order valence-corrected chi connectivity index (χ4v) is 3.40. The summed E-state index contributed by atoms with van der Waals surface area (Å²) < 4.78 is 0. The first kappa shape index (κ1) is 15.9. The third-order valence-electron chi connectivity index (χ3n) is 4.48. The van der Waals surface area contributed by atoms with E-state index in [0.717, 1.165) is 19.1 Å². The van der Waals surface area contributed by atoms with Crippen molar-refractivity contribution in [2.75, 3.05) is 26.4 Å². The van der Waals surface area contributed by atoms with Crippen molar-refractivity contribution in [3.05, 3.63) is 29.8 Å². The highest BCUT2D eigenvalue weighted by Crippen LogP contribution is 2.22. The van der Waals surface area contributed by atoms with E-state index in [2.05, 4.69) is 54.7 Å². The van der Waals surface area contributed by atoms with Crippen LogP contribution in [-0.4, -0.2) is 37.3 Å². The van der Waals surface area contributed by atoms with Crippen molar-refractivity contribution in [3.63, 3.8) is 0 Å². The SMILES string of the molecule is CSc1ccc(C(C)NCCN(C)C2CCCC2)cc1. The minimum Gasteiger partial charge on any atom is -0.309 e. The fraction of sp³-hybridized carbons (Fsp3) is 0.647. The summed E-state index contributed by atoms with van der Waals surface area (Å²) >= 11 is 1.80. The summed E-state index contributed by atoms with van der Waals surface area (Å²) in [5.74, 6) is 0. The minimum absolute atomic E-state index is 0.433. The summed E-state index contributed by atoms with van der Waals surface area (Å²) in [7, 11) is 2.27. The molecule has 1 saturated carbocycles. The summed E-state index contributed by atoms with van der Waals surface area (Å²) in [6, 6.07) is 10.2. The van der Waals surface area contributed by atoms with Gasteiger partial charge in [0.15, 0.2) is 0 Å². The van der Waals surface area contributed by atoms with E-state index in [1.165, 1.54) is 36.1 Å². The average molecular weight is 292 g/mol. The van der Waals surface area contributed by atoms with Gasteiger partial charge in [-0.15, -0.1) is 11.8 Å². The number of nitrogens with zero attached hydrogens (tertiary/aromatic N) is 1. The quantitative estimate of drug-likeness (QED) is 0.767. The zero-order valence-electron chi connectivity index (χ0n) is 13.1. The van der Waals surface area contributed by atoms with Gasteiger partial charge in [-0.3, -0.25) is 0 Å². The molecule has 1 fully saturated rings. The molecular formula is C17H28N2S. The van der Waals surface area contributed by atoms with Crippen LogP contribution in [0.3, 0.4) is 0 Å². The number of hydrogen-bond donors (Lipinski definition) is 1. The molecule has 0 radical (unpaired) electrons. The monoisotopic (exact) mass is 292 g/mol. The third-order valence-corrected chi connectivity index (χ3v) is 5.22. The largest absolute Gasteiger partial charge is 0.309 e. The van der Waals surface area contributed by atoms with Crippen LogP contribution in [0, 0.1) is 0 Å². The molecule has 1 N–H and O–H groups in total. The van der Waals surface area contributed by atoms with Crippen LogP contribution < -0.4 is 5.32 Å². The van der Waals surface area contributed by atoms with Gasteiger partial charge in [0, 0.05) is 30.1 Å². The lowest BCUT2D eigenvalue weighted by Gasteiger charge is -2.25. The first-order valence-corrected chi connectivity index (χ1v) is 9.00. The fourth-order valence-electron chi connectivity index (χ4n) is 3.00. The van der Waals surface area contributed by atoms with Crippen molar-refractivity contribution >= 4 is 11.8 Å². The van der Waals surface area contributed by atoms with Gasteiger partial charge in [-0.05, 0) is 50.8 Å². The van der Waals surface area contributed by atoms with Crippen molar-refractivity contribution in [1.82, 2.24) is 10.2 Å². The van der Waals surface area contributed by atoms with E-state index in [1.54, 1.807) is 11.8 Å². The summed E-state index contributed by atoms with van der Waals surface area (Å²) in [6.07, 6.45) is 7.74. The van der Waals surface area contributed by atoms with Crippen LogP contribution in [0.15, 0.2) is 29.2 Å². The molecule has 0 saturated heterocycles. The van der Waals surface area contributed by atoms with Crippen LogP contribution in [-0.2, 0) is 0 Å². The first-order chi connectivity index (χ1) is 9.70. The normalized spacial score (nSPS) is 17.8. The molecule has 0 amide bonds. The molecule has 1 aromatic rings. The predicted octanol–water partition coefficient (Wildman–Crippen LogP) is 3.93. The highest BCUT2D eigenvalue weighted by molar-refractivity contribution is 7.98. The highest BCUT2D eigenvalue weighted by Gasteiger charge is 2.18. The number of likely N-dealkylation sites (N-methyl/N-ethyl adjacent to an activating group) is 1. The Balaban J connectivity index is 1.72. The molecule has 1 aliphatic rings. The molecule has 1 unspecified atom stereocenters. The number of nitrogens with one attached hydrogen (secondary N) is 1. The van der Waals surface area contributed by atoms with E-state index >= 15 is 0 Å². The molecule has 1 atom stereocenters. The Morgan fingerprint density at radius 3 is 2.50 bits per heavy atom. The van der Waals surface area contributed by atoms with Crippen molar-refractivity contribution in [3.8, 4) is 0 Å². The Bertz CT molecular complexity index is 384. The topological polar surface area (TPSA) is 15.3 Å². The van der Waals surface area contributed by atoms with Crippen LogP contribution in [0.25, 0.3) is 0 Å². The van der Waals surface area contributed by atoms with Crippen LogP contribution in [0.4, 0.5) is 0 Å². The number of rotatable bonds is 7. The predicted molar refractivity (Wildman–Crippen MR) is 89.5 cm³/mol. The third kappa shape index (κ3) is 4.51. The number of hydrogen-bond acceptors (Lipinski definition) is 3. The van der Waals surface area contributed by atoms with E-state index in [0.29, 0.717) is 6.04 Å². The minimum atomic E-state index is 0.433. The average Bonchev–Trinajstić information content (AvgIpc) is 3.01. The Morgan fingerprint density at radius 2 is 1.90 bits per heavy atom. The van der Waals surface area contributed by atoms with Crippen LogP contribution >= 0.6 is 11.8 Å². The zero-order valence-corrected chi connectivity index (χ0v) is 13.9. The van der Waals surface area contributed by atoms with Crippen LogP contribution in [0.5, 0.6) is 0 Å². The smallest absolute Gasteiger partial charge is 0.0292 e. The lowest BCUT2D eigenvalue weighted by molar-refractivity contribution is 0.243. The summed E-state index contributed by atoms with van der Waals surface area (Å²) in [4.78, 5) is 3.87. The summed E-state index contributed by atoms with van der Waals surface area (Å²) in [6.45, 7) is 4.47. The molecule has 0 heterocycles. The van der Waals surface area contributed by atoms with E-state index in [4.69, 9.17) is 0 Å². The second-order valence-corrected chi connectivity index (χ2v) is 6.75. The van der Waals surface area contributed by atoms with Crippen molar-refractivity contribution in [2.45, 2.75) is 49.6 Å². The Labute approximate surface area is 128 Å². The lowest BCUT2D eigenvalue weighted by Crippen LogP contribution is -2.36. The highest BCUT2D eigenvalue weighted by atomic mass is 32.2. The molecule has 1 aliphatic carbocycles. The van der Waals surface area contributed by atoms with Gasteiger partial charge in [0.1, 0.15) is 0 Å². The molecule has 1 aromatic carbocycles. The molecule has 112 valence electrons. The van der Waals surface area contributed by atoms with E-state index in [9.17, 15) is 0 Å². The van der Waals surface area contributed by atoms with Crippen molar-refractivity contribution < 1.29 is 0 Å². The van der Waals surface area contributed by atoms with Crippen molar-refractivity contribution in [2.24, 2.45) is 0 Å². The Morgan fingerprint density at radius 1 is 1.25 bits per heavy atom. The standard InChI is InChI=1S/C17H28N2S/c1-14(15-8-10-17(20-3)11-9-15)18-12-13-19(2)16-6-4-5-7-16/h8-11,14,16,18H,4-7,12-13H2,1-3H3. The molecule has 20 heavy (non-hydrogen) atoms. The van der Waals surface area contributed by atoms with Gasteiger partial charge in [0.05, 0.1) is 0 Å². The maximum absolute atomic E-state index is 3.64. The molecule has 0 aromatic heterocycles. The first-order valence-electron chi connectivity index (χ1n) is 7.78. The van der Waals surface area contributed by atoms with Crippen molar-refractivity contribution in [1.29, 1.82) is 0 Å². The van der Waals surface area contributed by atoms with Gasteiger partial charge in [-0.1, -0.05) is 25.0 Å². The molecular weight excluding hydrogens is 264 g/mol. The van der Waals surface area contributed by atoms with Gasteiger partial charge in [0.2, 0.25) is 0 Å².